The Labute approximate surface area is 132 Å². The summed E-state index contributed by atoms with van der Waals surface area (Å²) in [5.74, 6) is -0.894. The number of hydrogen-bond acceptors (Lipinski definition) is 1. The summed E-state index contributed by atoms with van der Waals surface area (Å²) < 4.78 is 0. The van der Waals surface area contributed by atoms with Gasteiger partial charge in [0.15, 0.2) is 0 Å². The number of benzene rings is 2. The molecule has 0 aliphatic rings. The van der Waals surface area contributed by atoms with E-state index in [2.05, 4.69) is 45.0 Å². The molecule has 0 bridgehead atoms. The first kappa shape index (κ1) is 16.0. The molecule has 2 aromatic rings. The van der Waals surface area contributed by atoms with Crippen molar-refractivity contribution in [1.29, 1.82) is 0 Å². The number of aryl methyl sites for hydroxylation is 2. The van der Waals surface area contributed by atoms with Gasteiger partial charge in [-0.3, -0.25) is 0 Å². The molecule has 0 aliphatic carbocycles. The lowest BCUT2D eigenvalue weighted by molar-refractivity contribution is 0.0697. The van der Waals surface area contributed by atoms with E-state index in [0.717, 1.165) is 18.4 Å². The van der Waals surface area contributed by atoms with Crippen molar-refractivity contribution in [2.24, 2.45) is 0 Å². The van der Waals surface area contributed by atoms with E-state index >= 15 is 0 Å². The minimum absolute atomic E-state index is 0.315. The van der Waals surface area contributed by atoms with Crippen LogP contribution >= 0.6 is 0 Å². The lowest BCUT2D eigenvalue weighted by Crippen LogP contribution is -1.95. The highest BCUT2D eigenvalue weighted by Crippen LogP contribution is 2.22. The van der Waals surface area contributed by atoms with Crippen LogP contribution in [0.4, 0.5) is 0 Å². The van der Waals surface area contributed by atoms with E-state index in [1.54, 1.807) is 12.1 Å². The lowest BCUT2D eigenvalue weighted by Gasteiger charge is -2.09. The van der Waals surface area contributed by atoms with Crippen LogP contribution in [0.15, 0.2) is 42.5 Å². The zero-order valence-corrected chi connectivity index (χ0v) is 13.4. The van der Waals surface area contributed by atoms with E-state index in [1.165, 1.54) is 22.3 Å². The Hall–Kier alpha value is -2.35. The van der Waals surface area contributed by atoms with E-state index in [4.69, 9.17) is 5.11 Å². The maximum Gasteiger partial charge on any atom is 0.335 e. The van der Waals surface area contributed by atoms with Crippen LogP contribution in [0, 0.1) is 0 Å². The zero-order valence-electron chi connectivity index (χ0n) is 13.4. The minimum atomic E-state index is -0.894. The van der Waals surface area contributed by atoms with Crippen molar-refractivity contribution in [2.75, 3.05) is 0 Å². The van der Waals surface area contributed by atoms with Crippen LogP contribution < -0.4 is 0 Å². The van der Waals surface area contributed by atoms with Gasteiger partial charge < -0.3 is 5.11 Å². The molecule has 2 rings (SSSR count). The standard InChI is InChI=1S/C20H22O2/c1-4-16-10-11-19(13-17(16)5-2)14(3)12-15-6-8-18(9-7-15)20(21)22/h6-13H,4-5H2,1-3H3,(H,21,22)/b14-12+. The van der Waals surface area contributed by atoms with E-state index in [9.17, 15) is 4.79 Å². The fraction of sp³-hybridized carbons (Fsp3) is 0.250. The molecular formula is C20H22O2. The number of carboxylic acids is 1. The number of rotatable bonds is 5. The van der Waals surface area contributed by atoms with Gasteiger partial charge >= 0.3 is 5.97 Å². The van der Waals surface area contributed by atoms with Gasteiger partial charge in [0.25, 0.3) is 0 Å². The van der Waals surface area contributed by atoms with Gasteiger partial charge in [0.05, 0.1) is 5.56 Å². The summed E-state index contributed by atoms with van der Waals surface area (Å²) in [6.07, 6.45) is 4.19. The molecule has 0 spiro atoms. The van der Waals surface area contributed by atoms with E-state index in [-0.39, 0.29) is 0 Å². The van der Waals surface area contributed by atoms with Crippen LogP contribution in [-0.4, -0.2) is 11.1 Å². The van der Waals surface area contributed by atoms with Gasteiger partial charge in [0.2, 0.25) is 0 Å². The molecule has 0 saturated heterocycles. The molecule has 2 nitrogen and oxygen atoms in total. The first-order chi connectivity index (χ1) is 10.5. The summed E-state index contributed by atoms with van der Waals surface area (Å²) in [6.45, 7) is 6.45. The average molecular weight is 294 g/mol. The van der Waals surface area contributed by atoms with Crippen molar-refractivity contribution in [3.8, 4) is 0 Å². The lowest BCUT2D eigenvalue weighted by atomic mass is 9.96. The average Bonchev–Trinajstić information content (AvgIpc) is 2.54. The zero-order chi connectivity index (χ0) is 16.1. The molecule has 0 radical (unpaired) electrons. The molecule has 22 heavy (non-hydrogen) atoms. The van der Waals surface area contributed by atoms with Gasteiger partial charge in [-0.15, -0.1) is 0 Å². The van der Waals surface area contributed by atoms with Crippen molar-refractivity contribution >= 4 is 17.6 Å². The second-order valence-corrected chi connectivity index (χ2v) is 5.45. The molecule has 2 aromatic carbocycles. The van der Waals surface area contributed by atoms with Crippen molar-refractivity contribution in [3.63, 3.8) is 0 Å². The molecule has 0 amide bonds. The molecule has 0 heterocycles. The summed E-state index contributed by atoms with van der Waals surface area (Å²) in [6, 6.07) is 13.6. The number of allylic oxidation sites excluding steroid dienone is 1. The summed E-state index contributed by atoms with van der Waals surface area (Å²) in [5, 5.41) is 8.93. The smallest absolute Gasteiger partial charge is 0.335 e. The van der Waals surface area contributed by atoms with Crippen LogP contribution in [0.25, 0.3) is 11.6 Å². The molecule has 0 aliphatic heterocycles. The second-order valence-electron chi connectivity index (χ2n) is 5.45. The topological polar surface area (TPSA) is 37.3 Å². The van der Waals surface area contributed by atoms with Gasteiger partial charge in [-0.25, -0.2) is 4.79 Å². The van der Waals surface area contributed by atoms with Gasteiger partial charge in [-0.2, -0.15) is 0 Å². The third kappa shape index (κ3) is 3.64. The molecule has 114 valence electrons. The number of carboxylic acid groups (broad SMARTS) is 1. The first-order valence-electron chi connectivity index (χ1n) is 7.69. The number of hydrogen-bond donors (Lipinski definition) is 1. The molecule has 0 unspecified atom stereocenters. The van der Waals surface area contributed by atoms with Crippen molar-refractivity contribution < 1.29 is 9.90 Å². The highest BCUT2D eigenvalue weighted by atomic mass is 16.4. The second kappa shape index (κ2) is 7.08. The Morgan fingerprint density at radius 2 is 1.55 bits per heavy atom. The van der Waals surface area contributed by atoms with Crippen LogP contribution in [0.1, 0.15) is 53.4 Å². The maximum atomic E-state index is 10.9. The van der Waals surface area contributed by atoms with E-state index < -0.39 is 5.97 Å². The Morgan fingerprint density at radius 3 is 2.09 bits per heavy atom. The SMILES string of the molecule is CCc1ccc(/C(C)=C/c2ccc(C(=O)O)cc2)cc1CC. The van der Waals surface area contributed by atoms with Crippen LogP contribution in [0.2, 0.25) is 0 Å². The van der Waals surface area contributed by atoms with Crippen molar-refractivity contribution in [1.82, 2.24) is 0 Å². The van der Waals surface area contributed by atoms with Crippen LogP contribution in [0.5, 0.6) is 0 Å². The Morgan fingerprint density at radius 1 is 0.955 bits per heavy atom. The molecule has 0 saturated carbocycles. The molecule has 2 heteroatoms. The number of aromatic carboxylic acids is 1. The van der Waals surface area contributed by atoms with E-state index in [0.29, 0.717) is 5.56 Å². The third-order valence-electron chi connectivity index (χ3n) is 3.96. The normalized spacial score (nSPS) is 11.5. The molecule has 0 fully saturated rings. The van der Waals surface area contributed by atoms with Crippen molar-refractivity contribution in [2.45, 2.75) is 33.6 Å². The Kier molecular flexibility index (Phi) is 5.16. The largest absolute Gasteiger partial charge is 0.478 e. The monoisotopic (exact) mass is 294 g/mol. The highest BCUT2D eigenvalue weighted by Gasteiger charge is 2.04. The van der Waals surface area contributed by atoms with Gasteiger partial charge in [0.1, 0.15) is 0 Å². The van der Waals surface area contributed by atoms with Gasteiger partial charge in [-0.05, 0) is 59.7 Å². The predicted molar refractivity (Wildman–Crippen MR) is 92.1 cm³/mol. The third-order valence-corrected chi connectivity index (χ3v) is 3.96. The van der Waals surface area contributed by atoms with Crippen molar-refractivity contribution in [3.05, 3.63) is 70.3 Å². The molecule has 0 atom stereocenters. The van der Waals surface area contributed by atoms with Gasteiger partial charge in [-0.1, -0.05) is 50.3 Å². The highest BCUT2D eigenvalue weighted by molar-refractivity contribution is 5.88. The fourth-order valence-electron chi connectivity index (χ4n) is 2.60. The fourth-order valence-corrected chi connectivity index (χ4v) is 2.60. The number of carbonyl (C=O) groups is 1. The van der Waals surface area contributed by atoms with Crippen LogP contribution in [0.3, 0.4) is 0 Å². The Bertz CT molecular complexity index is 694. The maximum absolute atomic E-state index is 10.9. The van der Waals surface area contributed by atoms with E-state index in [1.807, 2.05) is 12.1 Å². The minimum Gasteiger partial charge on any atom is -0.478 e. The van der Waals surface area contributed by atoms with Gasteiger partial charge in [0, 0.05) is 0 Å². The van der Waals surface area contributed by atoms with Crippen LogP contribution in [-0.2, 0) is 12.8 Å². The molecule has 1 N–H and O–H groups in total. The molecular weight excluding hydrogens is 272 g/mol. The molecule has 0 aromatic heterocycles. The predicted octanol–water partition coefficient (Wildman–Crippen LogP) is 5.07. The first-order valence-corrected chi connectivity index (χ1v) is 7.69. The Balaban J connectivity index is 2.30. The quantitative estimate of drug-likeness (QED) is 0.782. The summed E-state index contributed by atoms with van der Waals surface area (Å²) in [4.78, 5) is 10.9. The summed E-state index contributed by atoms with van der Waals surface area (Å²) >= 11 is 0. The summed E-state index contributed by atoms with van der Waals surface area (Å²) in [7, 11) is 0. The summed E-state index contributed by atoms with van der Waals surface area (Å²) in [5.41, 5.74) is 6.53.